The molecule has 6 nitrogen and oxygen atoms in total. The molecule has 0 saturated heterocycles. The molecule has 1 heterocycles. The van der Waals surface area contributed by atoms with Crippen LogP contribution in [0.15, 0.2) is 71.1 Å². The third kappa shape index (κ3) is 4.03. The van der Waals surface area contributed by atoms with E-state index in [-0.39, 0.29) is 15.5 Å². The first-order valence-electron chi connectivity index (χ1n) is 8.29. The smallest absolute Gasteiger partial charge is 0.261 e. The fourth-order valence-corrected chi connectivity index (χ4v) is 4.62. The van der Waals surface area contributed by atoms with Gasteiger partial charge in [0, 0.05) is 0 Å². The molecule has 0 spiro atoms. The van der Waals surface area contributed by atoms with E-state index in [9.17, 15) is 13.7 Å². The van der Waals surface area contributed by atoms with Crippen LogP contribution in [0.5, 0.6) is 11.5 Å². The van der Waals surface area contributed by atoms with Crippen molar-refractivity contribution in [3.8, 4) is 17.6 Å². The van der Waals surface area contributed by atoms with Crippen LogP contribution >= 0.6 is 22.9 Å². The number of halogens is 1. The summed E-state index contributed by atoms with van der Waals surface area (Å²) in [6, 6.07) is 17.9. The lowest BCUT2D eigenvalue weighted by Gasteiger charge is -2.10. The Labute approximate surface area is 176 Å². The van der Waals surface area contributed by atoms with Crippen molar-refractivity contribution in [3.05, 3.63) is 76.8 Å². The highest BCUT2D eigenvalue weighted by molar-refractivity contribution is 7.92. The first kappa shape index (κ1) is 19.2. The van der Waals surface area contributed by atoms with Crippen LogP contribution in [0.1, 0.15) is 5.56 Å². The Morgan fingerprint density at radius 2 is 1.90 bits per heavy atom. The fraction of sp³-hybridized carbons (Fsp3) is 0. The van der Waals surface area contributed by atoms with E-state index >= 15 is 0 Å². The lowest BCUT2D eigenvalue weighted by Crippen LogP contribution is -2.12. The number of rotatable bonds is 5. The van der Waals surface area contributed by atoms with Crippen molar-refractivity contribution in [1.29, 1.82) is 5.26 Å². The van der Waals surface area contributed by atoms with Crippen molar-refractivity contribution in [3.63, 3.8) is 0 Å². The third-order valence-electron chi connectivity index (χ3n) is 4.03. The molecule has 4 rings (SSSR count). The standard InChI is InChI=1S/C20H12ClN3O3S2/c21-17-2-1-3-19(16(17)11-22)27-14-5-7-15(8-6-14)29(25,26)24-13-4-9-18-20(10-13)28-12-23-18/h1-10,12,24H. The van der Waals surface area contributed by atoms with Crippen LogP contribution in [0.4, 0.5) is 5.69 Å². The number of aromatic nitrogens is 1. The number of nitriles is 1. The van der Waals surface area contributed by atoms with Gasteiger partial charge in [-0.15, -0.1) is 11.3 Å². The number of fused-ring (bicyclic) bond motifs is 1. The number of nitrogens with one attached hydrogen (secondary N) is 1. The van der Waals surface area contributed by atoms with Gasteiger partial charge in [0.2, 0.25) is 0 Å². The van der Waals surface area contributed by atoms with E-state index < -0.39 is 10.0 Å². The average Bonchev–Trinajstić information content (AvgIpc) is 3.16. The summed E-state index contributed by atoms with van der Waals surface area (Å²) in [7, 11) is -3.77. The zero-order chi connectivity index (χ0) is 20.4. The number of hydrogen-bond acceptors (Lipinski definition) is 6. The van der Waals surface area contributed by atoms with Crippen LogP contribution in [-0.2, 0) is 10.0 Å². The summed E-state index contributed by atoms with van der Waals surface area (Å²) in [5, 5.41) is 9.50. The highest BCUT2D eigenvalue weighted by atomic mass is 35.5. The molecule has 1 aromatic heterocycles. The Morgan fingerprint density at radius 1 is 1.10 bits per heavy atom. The summed E-state index contributed by atoms with van der Waals surface area (Å²) < 4.78 is 34.5. The second-order valence-electron chi connectivity index (χ2n) is 5.94. The summed E-state index contributed by atoms with van der Waals surface area (Å²) in [6.45, 7) is 0. The van der Waals surface area contributed by atoms with Crippen molar-refractivity contribution in [1.82, 2.24) is 4.98 Å². The number of sulfonamides is 1. The lowest BCUT2D eigenvalue weighted by atomic mass is 10.2. The largest absolute Gasteiger partial charge is 0.456 e. The van der Waals surface area contributed by atoms with E-state index in [4.69, 9.17) is 16.3 Å². The van der Waals surface area contributed by atoms with Crippen molar-refractivity contribution in [2.75, 3.05) is 4.72 Å². The average molecular weight is 442 g/mol. The quantitative estimate of drug-likeness (QED) is 0.446. The fourth-order valence-electron chi connectivity index (χ4n) is 2.64. The van der Waals surface area contributed by atoms with Crippen molar-refractivity contribution in [2.24, 2.45) is 0 Å². The predicted octanol–water partition coefficient (Wildman–Crippen LogP) is 5.41. The van der Waals surface area contributed by atoms with Gasteiger partial charge in [-0.25, -0.2) is 13.4 Å². The Bertz CT molecular complexity index is 1340. The van der Waals surface area contributed by atoms with E-state index in [0.29, 0.717) is 17.2 Å². The summed E-state index contributed by atoms with van der Waals surface area (Å²) in [5.41, 5.74) is 3.20. The van der Waals surface area contributed by atoms with E-state index in [1.807, 2.05) is 6.07 Å². The molecule has 3 aromatic carbocycles. The van der Waals surface area contributed by atoms with Gasteiger partial charge in [0.1, 0.15) is 23.1 Å². The van der Waals surface area contributed by atoms with Gasteiger partial charge in [0.25, 0.3) is 10.0 Å². The van der Waals surface area contributed by atoms with Gasteiger partial charge in [0.05, 0.1) is 31.3 Å². The number of thiazole rings is 1. The number of ether oxygens (including phenoxy) is 1. The normalized spacial score (nSPS) is 11.2. The SMILES string of the molecule is N#Cc1c(Cl)cccc1Oc1ccc(S(=O)(=O)Nc2ccc3ncsc3c2)cc1. The first-order chi connectivity index (χ1) is 14.0. The molecule has 0 unspecified atom stereocenters. The van der Waals surface area contributed by atoms with Gasteiger partial charge in [-0.2, -0.15) is 5.26 Å². The van der Waals surface area contributed by atoms with E-state index in [0.717, 1.165) is 10.2 Å². The van der Waals surface area contributed by atoms with Gasteiger partial charge in [-0.05, 0) is 54.6 Å². The van der Waals surface area contributed by atoms with E-state index in [1.165, 1.54) is 35.6 Å². The van der Waals surface area contributed by atoms with Crippen molar-refractivity contribution < 1.29 is 13.2 Å². The molecule has 0 bridgehead atoms. The summed E-state index contributed by atoms with van der Waals surface area (Å²) in [6.07, 6.45) is 0. The molecule has 0 aliphatic carbocycles. The zero-order valence-corrected chi connectivity index (χ0v) is 17.1. The molecular formula is C20H12ClN3O3S2. The molecule has 0 radical (unpaired) electrons. The monoisotopic (exact) mass is 441 g/mol. The molecule has 144 valence electrons. The molecule has 1 N–H and O–H groups in total. The minimum absolute atomic E-state index is 0.0841. The Hall–Kier alpha value is -3.12. The highest BCUT2D eigenvalue weighted by Crippen LogP contribution is 2.30. The maximum absolute atomic E-state index is 12.7. The van der Waals surface area contributed by atoms with Crippen molar-refractivity contribution >= 4 is 48.9 Å². The Balaban J connectivity index is 1.55. The topological polar surface area (TPSA) is 92.1 Å². The third-order valence-corrected chi connectivity index (χ3v) is 6.54. The van der Waals surface area contributed by atoms with Crippen LogP contribution in [0.2, 0.25) is 5.02 Å². The summed E-state index contributed by atoms with van der Waals surface area (Å²) in [4.78, 5) is 4.26. The number of benzene rings is 3. The second-order valence-corrected chi connectivity index (χ2v) is 8.91. The first-order valence-corrected chi connectivity index (χ1v) is 11.0. The van der Waals surface area contributed by atoms with Crippen molar-refractivity contribution in [2.45, 2.75) is 4.90 Å². The molecule has 0 aliphatic heterocycles. The maximum Gasteiger partial charge on any atom is 0.261 e. The minimum atomic E-state index is -3.77. The van der Waals surface area contributed by atoms with Crippen LogP contribution in [0.25, 0.3) is 10.2 Å². The molecular weight excluding hydrogens is 430 g/mol. The zero-order valence-electron chi connectivity index (χ0n) is 14.7. The number of hydrogen-bond donors (Lipinski definition) is 1. The minimum Gasteiger partial charge on any atom is -0.456 e. The second kappa shape index (κ2) is 7.72. The molecule has 9 heteroatoms. The maximum atomic E-state index is 12.7. The number of anilines is 1. The molecule has 0 saturated carbocycles. The Kier molecular flexibility index (Phi) is 5.11. The molecule has 4 aromatic rings. The lowest BCUT2D eigenvalue weighted by molar-refractivity contribution is 0.480. The predicted molar refractivity (Wildman–Crippen MR) is 113 cm³/mol. The Morgan fingerprint density at radius 3 is 2.66 bits per heavy atom. The van der Waals surface area contributed by atoms with Crippen LogP contribution < -0.4 is 9.46 Å². The van der Waals surface area contributed by atoms with E-state index in [2.05, 4.69) is 9.71 Å². The van der Waals surface area contributed by atoms with Crippen LogP contribution in [0, 0.1) is 11.3 Å². The molecule has 0 aliphatic rings. The summed E-state index contributed by atoms with van der Waals surface area (Å²) in [5.74, 6) is 0.681. The van der Waals surface area contributed by atoms with Crippen LogP contribution in [0.3, 0.4) is 0 Å². The van der Waals surface area contributed by atoms with Gasteiger partial charge >= 0.3 is 0 Å². The van der Waals surface area contributed by atoms with Crippen LogP contribution in [-0.4, -0.2) is 13.4 Å². The molecule has 0 fully saturated rings. The summed E-state index contributed by atoms with van der Waals surface area (Å²) >= 11 is 7.43. The highest BCUT2D eigenvalue weighted by Gasteiger charge is 2.15. The van der Waals surface area contributed by atoms with Gasteiger partial charge in [-0.3, -0.25) is 4.72 Å². The molecule has 29 heavy (non-hydrogen) atoms. The molecule has 0 atom stereocenters. The van der Waals surface area contributed by atoms with Gasteiger partial charge in [-0.1, -0.05) is 17.7 Å². The van der Waals surface area contributed by atoms with E-state index in [1.54, 1.807) is 41.9 Å². The molecule has 0 amide bonds. The van der Waals surface area contributed by atoms with Gasteiger partial charge in [0.15, 0.2) is 0 Å². The van der Waals surface area contributed by atoms with Gasteiger partial charge < -0.3 is 4.74 Å². The number of nitrogens with zero attached hydrogens (tertiary/aromatic N) is 2.